The lowest BCUT2D eigenvalue weighted by Crippen LogP contribution is -2.64. The summed E-state index contributed by atoms with van der Waals surface area (Å²) in [4.78, 5) is 43.8. The Hall–Kier alpha value is -3.31. The summed E-state index contributed by atoms with van der Waals surface area (Å²) in [6, 6.07) is 10.0. The van der Waals surface area contributed by atoms with Crippen LogP contribution in [0.15, 0.2) is 48.7 Å². The molecule has 1 aromatic carbocycles. The lowest BCUT2D eigenvalue weighted by Gasteiger charge is -2.34. The second kappa shape index (κ2) is 8.56. The molecule has 2 fully saturated rings. The number of hydrogen-bond donors (Lipinski definition) is 2. The van der Waals surface area contributed by atoms with E-state index in [1.165, 1.54) is 24.8 Å². The van der Waals surface area contributed by atoms with E-state index in [1.807, 2.05) is 0 Å². The minimum Gasteiger partial charge on any atom is -0.508 e. The molecule has 1 radical (unpaired) electrons. The number of benzene rings is 1. The van der Waals surface area contributed by atoms with Gasteiger partial charge in [-0.2, -0.15) is 4.31 Å². The third kappa shape index (κ3) is 3.98. The molecule has 0 aliphatic carbocycles. The van der Waals surface area contributed by atoms with Crippen molar-refractivity contribution in [3.63, 3.8) is 0 Å². The second-order valence-electron chi connectivity index (χ2n) is 8.05. The second-order valence-corrected chi connectivity index (χ2v) is 9.97. The number of phenolic OH excluding ortho intramolecular Hbond substituents is 1. The summed E-state index contributed by atoms with van der Waals surface area (Å²) in [5.41, 5.74) is 4.64. The van der Waals surface area contributed by atoms with Crippen LogP contribution in [0.1, 0.15) is 17.7 Å². The molecule has 0 spiro atoms. The van der Waals surface area contributed by atoms with Gasteiger partial charge in [0, 0.05) is 12.7 Å². The van der Waals surface area contributed by atoms with E-state index in [2.05, 4.69) is 4.98 Å². The summed E-state index contributed by atoms with van der Waals surface area (Å²) in [6.45, 7) is -0.523. The average molecular weight is 472 g/mol. The maximum Gasteiger partial charge on any atom is 0.252 e. The van der Waals surface area contributed by atoms with Gasteiger partial charge in [-0.15, -0.1) is 0 Å². The fourth-order valence-corrected chi connectivity index (χ4v) is 6.26. The average Bonchev–Trinajstić information content (AvgIpc) is 3.31. The number of amides is 2. The van der Waals surface area contributed by atoms with Crippen LogP contribution < -0.4 is 5.73 Å². The van der Waals surface area contributed by atoms with Gasteiger partial charge in [-0.05, 0) is 42.7 Å². The number of carbonyl (C=O) groups excluding carboxylic acids is 3. The van der Waals surface area contributed by atoms with Crippen LogP contribution in [0.4, 0.5) is 0 Å². The monoisotopic (exact) mass is 471 g/mol. The molecule has 2 aromatic rings. The van der Waals surface area contributed by atoms with E-state index < -0.39 is 51.5 Å². The first-order valence-corrected chi connectivity index (χ1v) is 11.9. The van der Waals surface area contributed by atoms with E-state index in [0.29, 0.717) is 5.69 Å². The number of hydrogen-bond acceptors (Lipinski definition) is 7. The first-order valence-electron chi connectivity index (χ1n) is 10.3. The molecule has 3 N–H and O–H groups in total. The van der Waals surface area contributed by atoms with Crippen molar-refractivity contribution in [3.8, 4) is 5.75 Å². The number of likely N-dealkylation sites (tertiary alicyclic amines) is 1. The van der Waals surface area contributed by atoms with Crippen molar-refractivity contribution in [1.29, 1.82) is 0 Å². The highest BCUT2D eigenvalue weighted by Crippen LogP contribution is 2.41. The van der Waals surface area contributed by atoms with Crippen molar-refractivity contribution >= 4 is 27.6 Å². The van der Waals surface area contributed by atoms with E-state index in [9.17, 15) is 27.9 Å². The zero-order valence-corrected chi connectivity index (χ0v) is 18.4. The molecule has 173 valence electrons. The van der Waals surface area contributed by atoms with Crippen LogP contribution in [-0.2, 0) is 36.6 Å². The first-order chi connectivity index (χ1) is 15.7. The number of aromatic hydroxyl groups is 1. The van der Waals surface area contributed by atoms with Crippen LogP contribution in [0.25, 0.3) is 0 Å². The lowest BCUT2D eigenvalue weighted by atomic mass is 9.89. The maximum absolute atomic E-state index is 13.1. The Balaban J connectivity index is 1.57. The molecule has 11 heteroatoms. The highest BCUT2D eigenvalue weighted by molar-refractivity contribution is 7.88. The molecular formula is C22H23N4O6S. The van der Waals surface area contributed by atoms with Crippen molar-refractivity contribution in [1.82, 2.24) is 14.2 Å². The number of carbonyl (C=O) groups is 3. The molecule has 0 saturated carbocycles. The number of pyridine rings is 1. The number of rotatable bonds is 7. The molecule has 2 atom stereocenters. The number of sulfonamides is 1. The third-order valence-electron chi connectivity index (χ3n) is 6.11. The highest BCUT2D eigenvalue weighted by Gasteiger charge is 2.68. The number of ketones is 1. The molecule has 2 saturated heterocycles. The Morgan fingerprint density at radius 2 is 1.94 bits per heavy atom. The molecule has 2 unspecified atom stereocenters. The fraction of sp³-hybridized carbons (Fsp3) is 0.318. The van der Waals surface area contributed by atoms with Gasteiger partial charge in [0.1, 0.15) is 11.5 Å². The first kappa shape index (κ1) is 22.9. The van der Waals surface area contributed by atoms with Gasteiger partial charge in [-0.3, -0.25) is 19.4 Å². The summed E-state index contributed by atoms with van der Waals surface area (Å²) < 4.78 is 27.2. The van der Waals surface area contributed by atoms with Crippen LogP contribution in [0.3, 0.4) is 0 Å². The summed E-state index contributed by atoms with van der Waals surface area (Å²) in [7, 11) is -4.01. The van der Waals surface area contributed by atoms with Gasteiger partial charge in [-0.1, -0.05) is 18.2 Å². The third-order valence-corrected chi connectivity index (χ3v) is 7.87. The quantitative estimate of drug-likeness (QED) is 0.530. The summed E-state index contributed by atoms with van der Waals surface area (Å²) in [5.74, 6) is -2.69. The lowest BCUT2D eigenvalue weighted by molar-refractivity contribution is -0.147. The Bertz CT molecular complexity index is 1190. The van der Waals surface area contributed by atoms with Crippen molar-refractivity contribution in [2.45, 2.75) is 30.2 Å². The van der Waals surface area contributed by atoms with E-state index >= 15 is 0 Å². The zero-order chi connectivity index (χ0) is 23.8. The van der Waals surface area contributed by atoms with Gasteiger partial charge in [-0.25, -0.2) is 8.42 Å². The Kier molecular flexibility index (Phi) is 5.93. The van der Waals surface area contributed by atoms with Crippen molar-refractivity contribution in [2.24, 2.45) is 5.73 Å². The minimum absolute atomic E-state index is 0.0138. The molecule has 2 amide bonds. The number of phenols is 1. The fourth-order valence-electron chi connectivity index (χ4n) is 4.59. The zero-order valence-electron chi connectivity index (χ0n) is 17.6. The molecule has 4 rings (SSSR count). The van der Waals surface area contributed by atoms with Gasteiger partial charge < -0.3 is 15.7 Å². The summed E-state index contributed by atoms with van der Waals surface area (Å²) in [5, 5.41) is 9.39. The van der Waals surface area contributed by atoms with E-state index in [-0.39, 0.29) is 25.1 Å². The standard InChI is InChI=1S/C22H23N4O6S/c23-21(30)22-18(10-12-25(22)20(29)9-6-15-4-7-17(27)8-5-15)26(13-19(22)28)33(31,32)14-16-3-1-2-11-24-16/h1-5,7-9,11,18,27H,6,10,12-14H2,(H2,23,30). The van der Waals surface area contributed by atoms with E-state index in [1.54, 1.807) is 30.3 Å². The van der Waals surface area contributed by atoms with Crippen LogP contribution >= 0.6 is 0 Å². The number of nitrogens with two attached hydrogens (primary N) is 1. The van der Waals surface area contributed by atoms with Crippen LogP contribution in [0.5, 0.6) is 5.75 Å². The highest BCUT2D eigenvalue weighted by atomic mass is 32.2. The van der Waals surface area contributed by atoms with Crippen molar-refractivity contribution in [3.05, 3.63) is 66.3 Å². The van der Waals surface area contributed by atoms with E-state index in [0.717, 1.165) is 14.8 Å². The van der Waals surface area contributed by atoms with Crippen molar-refractivity contribution in [2.75, 3.05) is 13.1 Å². The maximum atomic E-state index is 13.1. The smallest absolute Gasteiger partial charge is 0.252 e. The number of nitrogens with zero attached hydrogens (tertiary/aromatic N) is 3. The Labute approximate surface area is 191 Å². The summed E-state index contributed by atoms with van der Waals surface area (Å²) in [6.07, 6.45) is 3.09. The molecule has 3 heterocycles. The van der Waals surface area contributed by atoms with Crippen LogP contribution in [-0.4, -0.2) is 70.0 Å². The number of Topliss-reactive ketones (excluding diaryl/α,β-unsaturated/α-hetero) is 1. The van der Waals surface area contributed by atoms with E-state index in [4.69, 9.17) is 5.73 Å². The molecule has 33 heavy (non-hydrogen) atoms. The van der Waals surface area contributed by atoms with Crippen molar-refractivity contribution < 1.29 is 27.9 Å². The topological polar surface area (TPSA) is 151 Å². The largest absolute Gasteiger partial charge is 0.508 e. The molecule has 0 bridgehead atoms. The normalized spacial score (nSPS) is 23.0. The minimum atomic E-state index is -4.01. The predicted octanol–water partition coefficient (Wildman–Crippen LogP) is -0.226. The molecule has 1 aromatic heterocycles. The molecule has 2 aliphatic heterocycles. The Morgan fingerprint density at radius 3 is 2.58 bits per heavy atom. The SMILES string of the molecule is NC(=O)C12C(=O)CN(S(=O)(=O)Cc3ccccn3)C1CCN2C(=O)[CH]Cc1ccc(O)cc1. The van der Waals surface area contributed by atoms with Gasteiger partial charge in [0.2, 0.25) is 15.9 Å². The Morgan fingerprint density at radius 1 is 1.21 bits per heavy atom. The number of primary amides is 1. The van der Waals surface area contributed by atoms with Gasteiger partial charge in [0.25, 0.3) is 5.91 Å². The van der Waals surface area contributed by atoms with Gasteiger partial charge in [0.05, 0.1) is 24.7 Å². The van der Waals surface area contributed by atoms with Crippen LogP contribution in [0.2, 0.25) is 0 Å². The predicted molar refractivity (Wildman–Crippen MR) is 117 cm³/mol. The number of aromatic nitrogens is 1. The van der Waals surface area contributed by atoms with Gasteiger partial charge >= 0.3 is 0 Å². The molecule has 10 nitrogen and oxygen atoms in total. The van der Waals surface area contributed by atoms with Crippen LogP contribution in [0, 0.1) is 6.42 Å². The van der Waals surface area contributed by atoms with Gasteiger partial charge in [0.15, 0.2) is 11.3 Å². The molecular weight excluding hydrogens is 448 g/mol. The molecule has 2 aliphatic rings. The summed E-state index contributed by atoms with van der Waals surface area (Å²) >= 11 is 0. The number of fused-ring (bicyclic) bond motifs is 1.